The van der Waals surface area contributed by atoms with Gasteiger partial charge >= 0.3 is 0 Å². The number of nitrogens with zero attached hydrogens (tertiary/aromatic N) is 1. The maximum absolute atomic E-state index is 10.2. The molecule has 0 aliphatic carbocycles. The van der Waals surface area contributed by atoms with Crippen molar-refractivity contribution < 1.29 is 9.52 Å². The van der Waals surface area contributed by atoms with E-state index in [1.54, 1.807) is 6.26 Å². The van der Waals surface area contributed by atoms with Gasteiger partial charge in [-0.25, -0.2) is 4.99 Å². The van der Waals surface area contributed by atoms with Gasteiger partial charge in [0.25, 0.3) is 0 Å². The number of rotatable bonds is 7. The molecular formula is C14H25N3O2. The second-order valence-corrected chi connectivity index (χ2v) is 4.56. The zero-order valence-corrected chi connectivity index (χ0v) is 12.1. The molecule has 0 bridgehead atoms. The Morgan fingerprint density at radius 1 is 1.32 bits per heavy atom. The maximum Gasteiger partial charge on any atom is 0.191 e. The van der Waals surface area contributed by atoms with Crippen LogP contribution in [-0.2, 0) is 6.54 Å². The van der Waals surface area contributed by atoms with E-state index < -0.39 is 5.60 Å². The van der Waals surface area contributed by atoms with Crippen LogP contribution in [0.15, 0.2) is 27.8 Å². The third-order valence-corrected chi connectivity index (χ3v) is 3.22. The Kier molecular flexibility index (Phi) is 6.42. The summed E-state index contributed by atoms with van der Waals surface area (Å²) in [5, 5.41) is 16.6. The lowest BCUT2D eigenvalue weighted by molar-refractivity contribution is 0.0367. The molecule has 0 aliphatic heterocycles. The van der Waals surface area contributed by atoms with E-state index in [-0.39, 0.29) is 0 Å². The van der Waals surface area contributed by atoms with Crippen LogP contribution in [0.2, 0.25) is 0 Å². The summed E-state index contributed by atoms with van der Waals surface area (Å²) in [6.07, 6.45) is 3.07. The molecule has 5 heteroatoms. The summed E-state index contributed by atoms with van der Waals surface area (Å²) in [6.45, 7) is 7.73. The largest absolute Gasteiger partial charge is 0.467 e. The minimum absolute atomic E-state index is 0.485. The van der Waals surface area contributed by atoms with Gasteiger partial charge in [-0.15, -0.1) is 0 Å². The summed E-state index contributed by atoms with van der Waals surface area (Å²) >= 11 is 0. The standard InChI is InChI=1S/C14H25N3O2/c1-4-14(18,5-2)11-17-13(15-6-3)16-10-12-8-7-9-19-12/h7-9,18H,4-6,10-11H2,1-3H3,(H2,15,16,17). The lowest BCUT2D eigenvalue weighted by Crippen LogP contribution is -2.46. The average molecular weight is 267 g/mol. The monoisotopic (exact) mass is 267 g/mol. The molecule has 1 aromatic rings. The average Bonchev–Trinajstić information content (AvgIpc) is 2.95. The molecule has 1 heterocycles. The number of hydrogen-bond donors (Lipinski definition) is 3. The molecule has 5 nitrogen and oxygen atoms in total. The van der Waals surface area contributed by atoms with Gasteiger partial charge in [0, 0.05) is 13.1 Å². The fraction of sp³-hybridized carbons (Fsp3) is 0.643. The summed E-state index contributed by atoms with van der Waals surface area (Å²) < 4.78 is 5.24. The van der Waals surface area contributed by atoms with Crippen molar-refractivity contribution in [3.8, 4) is 0 Å². The highest BCUT2D eigenvalue weighted by atomic mass is 16.3. The number of hydrogen-bond acceptors (Lipinski definition) is 3. The minimum atomic E-state index is -0.680. The molecule has 1 rings (SSSR count). The van der Waals surface area contributed by atoms with E-state index in [0.29, 0.717) is 31.9 Å². The van der Waals surface area contributed by atoms with Crippen LogP contribution < -0.4 is 10.6 Å². The summed E-state index contributed by atoms with van der Waals surface area (Å²) in [5.41, 5.74) is -0.680. The first-order chi connectivity index (χ1) is 9.13. The van der Waals surface area contributed by atoms with Gasteiger partial charge in [0.1, 0.15) is 12.3 Å². The highest BCUT2D eigenvalue weighted by Gasteiger charge is 2.22. The topological polar surface area (TPSA) is 69.8 Å². The van der Waals surface area contributed by atoms with Crippen LogP contribution in [0.25, 0.3) is 0 Å². The van der Waals surface area contributed by atoms with Crippen LogP contribution >= 0.6 is 0 Å². The lowest BCUT2D eigenvalue weighted by atomic mass is 9.98. The van der Waals surface area contributed by atoms with E-state index in [9.17, 15) is 5.11 Å². The predicted molar refractivity (Wildman–Crippen MR) is 77.1 cm³/mol. The molecule has 0 aromatic carbocycles. The molecule has 1 aromatic heterocycles. The Morgan fingerprint density at radius 3 is 2.58 bits per heavy atom. The van der Waals surface area contributed by atoms with Crippen LogP contribution in [0.3, 0.4) is 0 Å². The third kappa shape index (κ3) is 5.34. The van der Waals surface area contributed by atoms with Gasteiger partial charge in [0.15, 0.2) is 5.96 Å². The van der Waals surface area contributed by atoms with E-state index in [4.69, 9.17) is 4.42 Å². The van der Waals surface area contributed by atoms with Crippen LogP contribution in [0.1, 0.15) is 39.4 Å². The molecule has 19 heavy (non-hydrogen) atoms. The first-order valence-corrected chi connectivity index (χ1v) is 6.90. The quantitative estimate of drug-likeness (QED) is 0.521. The number of aliphatic hydroxyl groups is 1. The Labute approximate surface area is 115 Å². The van der Waals surface area contributed by atoms with Crippen LogP contribution in [0, 0.1) is 0 Å². The number of furan rings is 1. The second kappa shape index (κ2) is 7.84. The second-order valence-electron chi connectivity index (χ2n) is 4.56. The highest BCUT2D eigenvalue weighted by molar-refractivity contribution is 5.79. The van der Waals surface area contributed by atoms with Crippen molar-refractivity contribution in [2.45, 2.75) is 45.8 Å². The maximum atomic E-state index is 10.2. The predicted octanol–water partition coefficient (Wildman–Crippen LogP) is 1.89. The number of nitrogens with one attached hydrogen (secondary N) is 2. The molecule has 0 radical (unpaired) electrons. The van der Waals surface area contributed by atoms with Crippen molar-refractivity contribution in [1.29, 1.82) is 0 Å². The van der Waals surface area contributed by atoms with Gasteiger partial charge in [-0.3, -0.25) is 0 Å². The summed E-state index contributed by atoms with van der Waals surface area (Å²) in [5.74, 6) is 1.51. The normalized spacial score (nSPS) is 12.5. The zero-order chi connectivity index (χ0) is 14.1. The molecule has 108 valence electrons. The van der Waals surface area contributed by atoms with Crippen molar-refractivity contribution in [2.75, 3.05) is 13.1 Å². The van der Waals surface area contributed by atoms with Crippen LogP contribution in [0.4, 0.5) is 0 Å². The van der Waals surface area contributed by atoms with Crippen molar-refractivity contribution in [1.82, 2.24) is 10.6 Å². The van der Waals surface area contributed by atoms with Crippen molar-refractivity contribution in [2.24, 2.45) is 4.99 Å². The van der Waals surface area contributed by atoms with Crippen molar-refractivity contribution in [3.63, 3.8) is 0 Å². The molecular weight excluding hydrogens is 242 g/mol. The molecule has 0 amide bonds. The van der Waals surface area contributed by atoms with Crippen LogP contribution in [0.5, 0.6) is 0 Å². The smallest absolute Gasteiger partial charge is 0.191 e. The van der Waals surface area contributed by atoms with Crippen LogP contribution in [-0.4, -0.2) is 29.8 Å². The summed E-state index contributed by atoms with van der Waals surface area (Å²) in [6, 6.07) is 3.74. The number of guanidine groups is 1. The number of aliphatic imine (C=N–C) groups is 1. The van der Waals surface area contributed by atoms with E-state index >= 15 is 0 Å². The molecule has 0 spiro atoms. The molecule has 0 unspecified atom stereocenters. The van der Waals surface area contributed by atoms with Gasteiger partial charge in [-0.05, 0) is 31.9 Å². The van der Waals surface area contributed by atoms with Crippen molar-refractivity contribution >= 4 is 5.96 Å². The Hall–Kier alpha value is -1.49. The fourth-order valence-corrected chi connectivity index (χ4v) is 1.65. The molecule has 0 atom stereocenters. The molecule has 0 fully saturated rings. The Balaban J connectivity index is 2.54. The van der Waals surface area contributed by atoms with Gasteiger partial charge in [0.2, 0.25) is 0 Å². The fourth-order valence-electron chi connectivity index (χ4n) is 1.65. The van der Waals surface area contributed by atoms with E-state index in [1.807, 2.05) is 32.9 Å². The van der Waals surface area contributed by atoms with E-state index in [1.165, 1.54) is 0 Å². The third-order valence-electron chi connectivity index (χ3n) is 3.22. The van der Waals surface area contributed by atoms with E-state index in [0.717, 1.165) is 12.3 Å². The Morgan fingerprint density at radius 2 is 2.05 bits per heavy atom. The first-order valence-electron chi connectivity index (χ1n) is 6.90. The first kappa shape index (κ1) is 15.6. The summed E-state index contributed by atoms with van der Waals surface area (Å²) in [4.78, 5) is 4.42. The van der Waals surface area contributed by atoms with E-state index in [2.05, 4.69) is 15.6 Å². The van der Waals surface area contributed by atoms with Gasteiger partial charge in [-0.2, -0.15) is 0 Å². The Bertz CT molecular complexity index is 370. The molecule has 3 N–H and O–H groups in total. The van der Waals surface area contributed by atoms with Gasteiger partial charge in [0.05, 0.1) is 11.9 Å². The summed E-state index contributed by atoms with van der Waals surface area (Å²) in [7, 11) is 0. The van der Waals surface area contributed by atoms with Gasteiger partial charge < -0.3 is 20.2 Å². The highest BCUT2D eigenvalue weighted by Crippen LogP contribution is 2.12. The van der Waals surface area contributed by atoms with Gasteiger partial charge in [-0.1, -0.05) is 13.8 Å². The molecule has 0 saturated heterocycles. The zero-order valence-electron chi connectivity index (χ0n) is 12.1. The SMILES string of the molecule is CCNC(=NCc1ccco1)NCC(O)(CC)CC. The minimum Gasteiger partial charge on any atom is -0.467 e. The molecule has 0 saturated carbocycles. The lowest BCUT2D eigenvalue weighted by Gasteiger charge is -2.26. The molecule has 0 aliphatic rings. The van der Waals surface area contributed by atoms with Crippen molar-refractivity contribution in [3.05, 3.63) is 24.2 Å².